The van der Waals surface area contributed by atoms with Gasteiger partial charge in [0.1, 0.15) is 0 Å². The van der Waals surface area contributed by atoms with Crippen LogP contribution in [-0.4, -0.2) is 33.5 Å². The fourth-order valence-electron chi connectivity index (χ4n) is 2.65. The van der Waals surface area contributed by atoms with Crippen molar-refractivity contribution >= 4 is 23.1 Å². The zero-order valence-electron chi connectivity index (χ0n) is 9.80. The number of carbonyl (C=O) groups excluding carboxylic acids is 1. The topological polar surface area (TPSA) is 52.6 Å². The van der Waals surface area contributed by atoms with Crippen LogP contribution in [0.5, 0.6) is 0 Å². The summed E-state index contributed by atoms with van der Waals surface area (Å²) in [7, 11) is 0. The zero-order valence-corrected chi connectivity index (χ0v) is 10.6. The molecular formula is C13H14N2O2S. The summed E-state index contributed by atoms with van der Waals surface area (Å²) >= 11 is 5.26. The van der Waals surface area contributed by atoms with Gasteiger partial charge in [-0.1, -0.05) is 30.4 Å². The molecule has 0 saturated carbocycles. The van der Waals surface area contributed by atoms with Crippen LogP contribution in [0.3, 0.4) is 0 Å². The zero-order chi connectivity index (χ0) is 12.7. The lowest BCUT2D eigenvalue weighted by Gasteiger charge is -2.34. The molecule has 0 spiro atoms. The van der Waals surface area contributed by atoms with Crippen LogP contribution in [-0.2, 0) is 0 Å². The molecule has 0 radical (unpaired) electrons. The summed E-state index contributed by atoms with van der Waals surface area (Å²) in [5.74, 6) is -0.130. The lowest BCUT2D eigenvalue weighted by Crippen LogP contribution is -2.50. The van der Waals surface area contributed by atoms with Gasteiger partial charge in [0.15, 0.2) is 6.23 Å². The highest BCUT2D eigenvalue weighted by atomic mass is 32.1. The number of hydrogen-bond donors (Lipinski definition) is 2. The molecule has 4 nitrogen and oxygen atoms in total. The van der Waals surface area contributed by atoms with Crippen LogP contribution in [0, 0.1) is 0 Å². The van der Waals surface area contributed by atoms with Crippen molar-refractivity contribution in [2.45, 2.75) is 25.1 Å². The number of piperidine rings is 1. The molecule has 3 rings (SSSR count). The van der Waals surface area contributed by atoms with Gasteiger partial charge in [0.05, 0.1) is 11.0 Å². The molecule has 2 aliphatic heterocycles. The lowest BCUT2D eigenvalue weighted by atomic mass is 10.1. The number of aliphatic hydroxyl groups excluding tert-OH is 1. The third-order valence-corrected chi connectivity index (χ3v) is 3.98. The molecule has 5 heteroatoms. The van der Waals surface area contributed by atoms with Crippen molar-refractivity contribution < 1.29 is 9.90 Å². The fourth-order valence-corrected chi connectivity index (χ4v) is 2.98. The van der Waals surface area contributed by atoms with Crippen LogP contribution in [0.2, 0.25) is 0 Å². The van der Waals surface area contributed by atoms with Gasteiger partial charge in [-0.25, -0.2) is 0 Å². The van der Waals surface area contributed by atoms with Crippen LogP contribution in [0.4, 0.5) is 0 Å². The minimum atomic E-state index is -0.878. The summed E-state index contributed by atoms with van der Waals surface area (Å²) in [6.45, 7) is 0.848. The van der Waals surface area contributed by atoms with Gasteiger partial charge >= 0.3 is 0 Å². The molecular weight excluding hydrogens is 248 g/mol. The van der Waals surface area contributed by atoms with E-state index in [0.29, 0.717) is 16.1 Å². The Hall–Kier alpha value is -1.46. The third kappa shape index (κ3) is 1.62. The normalized spacial score (nSPS) is 27.1. The average Bonchev–Trinajstić information content (AvgIpc) is 2.64. The highest BCUT2D eigenvalue weighted by Gasteiger charge is 2.41. The summed E-state index contributed by atoms with van der Waals surface area (Å²) in [5, 5.41) is 13.4. The van der Waals surface area contributed by atoms with Crippen molar-refractivity contribution in [1.29, 1.82) is 0 Å². The van der Waals surface area contributed by atoms with E-state index in [4.69, 9.17) is 12.2 Å². The molecule has 1 amide bonds. The predicted octanol–water partition coefficient (Wildman–Crippen LogP) is 1.21. The number of rotatable bonds is 1. The number of nitrogens with zero attached hydrogens (tertiary/aromatic N) is 1. The van der Waals surface area contributed by atoms with Gasteiger partial charge in [-0.15, -0.1) is 0 Å². The van der Waals surface area contributed by atoms with Crippen molar-refractivity contribution in [3.63, 3.8) is 0 Å². The lowest BCUT2D eigenvalue weighted by molar-refractivity contribution is 0.00609. The first-order valence-electron chi connectivity index (χ1n) is 6.07. The van der Waals surface area contributed by atoms with Crippen LogP contribution in [0.25, 0.3) is 0 Å². The maximum absolute atomic E-state index is 12.3. The number of hydrogen-bond acceptors (Lipinski definition) is 3. The molecule has 18 heavy (non-hydrogen) atoms. The van der Waals surface area contributed by atoms with Crippen LogP contribution in [0.1, 0.15) is 35.0 Å². The minimum absolute atomic E-state index is 0.130. The van der Waals surface area contributed by atoms with Crippen LogP contribution >= 0.6 is 12.2 Å². The molecule has 2 N–H and O–H groups in total. The van der Waals surface area contributed by atoms with Crippen LogP contribution < -0.4 is 5.32 Å². The molecule has 1 saturated heterocycles. The smallest absolute Gasteiger partial charge is 0.257 e. The Morgan fingerprint density at radius 3 is 2.89 bits per heavy atom. The first kappa shape index (κ1) is 11.6. The van der Waals surface area contributed by atoms with Crippen molar-refractivity contribution in [1.82, 2.24) is 10.2 Å². The monoisotopic (exact) mass is 262 g/mol. The summed E-state index contributed by atoms with van der Waals surface area (Å²) in [6.07, 6.45) is 0.886. The first-order chi connectivity index (χ1) is 8.70. The molecule has 2 aliphatic rings. The Bertz CT molecular complexity index is 517. The van der Waals surface area contributed by atoms with Crippen molar-refractivity contribution in [2.75, 3.05) is 6.54 Å². The number of fused-ring (bicyclic) bond motifs is 1. The first-order valence-corrected chi connectivity index (χ1v) is 6.48. The second-order valence-corrected chi connectivity index (χ2v) is 5.06. The Labute approximate surface area is 111 Å². The van der Waals surface area contributed by atoms with E-state index in [-0.39, 0.29) is 11.9 Å². The van der Waals surface area contributed by atoms with Crippen molar-refractivity contribution in [3.8, 4) is 0 Å². The summed E-state index contributed by atoms with van der Waals surface area (Å²) in [4.78, 5) is 14.5. The fraction of sp³-hybridized carbons (Fsp3) is 0.385. The predicted molar refractivity (Wildman–Crippen MR) is 71.2 cm³/mol. The second kappa shape index (κ2) is 4.33. The molecule has 1 aromatic rings. The van der Waals surface area contributed by atoms with Crippen LogP contribution in [0.15, 0.2) is 24.3 Å². The molecule has 1 fully saturated rings. The Balaban J connectivity index is 1.96. The largest absolute Gasteiger partial charge is 0.378 e. The molecule has 0 bridgehead atoms. The molecule has 0 aromatic heterocycles. The van der Waals surface area contributed by atoms with E-state index in [1.165, 1.54) is 4.90 Å². The molecule has 2 atom stereocenters. The van der Waals surface area contributed by atoms with E-state index in [1.807, 2.05) is 12.1 Å². The highest BCUT2D eigenvalue weighted by Crippen LogP contribution is 2.34. The van der Waals surface area contributed by atoms with E-state index in [0.717, 1.165) is 19.4 Å². The van der Waals surface area contributed by atoms with Gasteiger partial charge in [0, 0.05) is 17.7 Å². The number of aliphatic hydroxyl groups is 1. The number of carbonyl (C=O) groups is 1. The van der Waals surface area contributed by atoms with E-state index < -0.39 is 6.23 Å². The van der Waals surface area contributed by atoms with Gasteiger partial charge in [-0.05, 0) is 18.9 Å². The highest BCUT2D eigenvalue weighted by molar-refractivity contribution is 7.80. The number of benzene rings is 1. The van der Waals surface area contributed by atoms with Gasteiger partial charge in [-0.3, -0.25) is 9.69 Å². The molecule has 0 aliphatic carbocycles. The van der Waals surface area contributed by atoms with E-state index in [9.17, 15) is 9.90 Å². The maximum atomic E-state index is 12.3. The Kier molecular flexibility index (Phi) is 2.80. The van der Waals surface area contributed by atoms with Crippen molar-refractivity contribution in [3.05, 3.63) is 35.4 Å². The Morgan fingerprint density at radius 2 is 2.17 bits per heavy atom. The average molecular weight is 262 g/mol. The van der Waals surface area contributed by atoms with Crippen molar-refractivity contribution in [2.24, 2.45) is 0 Å². The standard InChI is InChI=1S/C13H14N2O2S/c16-12-8-4-1-2-5-9(8)13(17)15(12)10-6-3-7-14-11(10)18/h1-2,4-5,10,12,16H,3,6-7H2,(H,14,18). The molecule has 2 heterocycles. The van der Waals surface area contributed by atoms with E-state index in [1.54, 1.807) is 12.1 Å². The molecule has 1 aromatic carbocycles. The Morgan fingerprint density at radius 1 is 1.39 bits per heavy atom. The molecule has 94 valence electrons. The summed E-state index contributed by atoms with van der Waals surface area (Å²) < 4.78 is 0. The number of thiocarbonyl (C=S) groups is 1. The SMILES string of the molecule is O=C1c2ccccc2C(O)N1C1CCCNC1=S. The van der Waals surface area contributed by atoms with Gasteiger partial charge in [-0.2, -0.15) is 0 Å². The maximum Gasteiger partial charge on any atom is 0.257 e. The molecule has 2 unspecified atom stereocenters. The van der Waals surface area contributed by atoms with Gasteiger partial charge < -0.3 is 10.4 Å². The van der Waals surface area contributed by atoms with Gasteiger partial charge in [0.25, 0.3) is 5.91 Å². The van der Waals surface area contributed by atoms with Gasteiger partial charge in [0.2, 0.25) is 0 Å². The number of amides is 1. The number of nitrogens with one attached hydrogen (secondary N) is 1. The second-order valence-electron chi connectivity index (χ2n) is 4.62. The minimum Gasteiger partial charge on any atom is -0.378 e. The van der Waals surface area contributed by atoms with E-state index >= 15 is 0 Å². The summed E-state index contributed by atoms with van der Waals surface area (Å²) in [6, 6.07) is 6.99. The quantitative estimate of drug-likeness (QED) is 0.747. The van der Waals surface area contributed by atoms with E-state index in [2.05, 4.69) is 5.32 Å². The summed E-state index contributed by atoms with van der Waals surface area (Å²) in [5.41, 5.74) is 1.26. The third-order valence-electron chi connectivity index (χ3n) is 3.56.